The molecular weight excluding hydrogens is 412 g/mol. The Kier molecular flexibility index (Phi) is 6.55. The molecule has 0 spiro atoms. The van der Waals surface area contributed by atoms with Gasteiger partial charge in [0.1, 0.15) is 12.2 Å². The Morgan fingerprint density at radius 3 is 2.73 bits per heavy atom. The fourth-order valence-corrected chi connectivity index (χ4v) is 5.17. The maximum absolute atomic E-state index is 12.9. The number of hydrogen-bond donors (Lipinski definition) is 1. The maximum Gasteiger partial charge on any atom is 0.223 e. The highest BCUT2D eigenvalue weighted by molar-refractivity contribution is 5.84. The average Bonchev–Trinajstić information content (AvgIpc) is 3.04. The lowest BCUT2D eigenvalue weighted by molar-refractivity contribution is -0.126. The Labute approximate surface area is 195 Å². The van der Waals surface area contributed by atoms with Crippen LogP contribution in [0.3, 0.4) is 0 Å². The lowest BCUT2D eigenvalue weighted by Crippen LogP contribution is -2.43. The van der Waals surface area contributed by atoms with Crippen molar-refractivity contribution in [3.63, 3.8) is 0 Å². The molecule has 0 bridgehead atoms. The molecular formula is C26H34N6O. The summed E-state index contributed by atoms with van der Waals surface area (Å²) in [4.78, 5) is 29.3. The first-order valence-electron chi connectivity index (χ1n) is 12.5. The van der Waals surface area contributed by atoms with Gasteiger partial charge in [0.05, 0.1) is 0 Å². The number of carbonyl (C=O) groups excluding carboxylic acids is 1. The van der Waals surface area contributed by atoms with E-state index in [0.29, 0.717) is 0 Å². The van der Waals surface area contributed by atoms with Gasteiger partial charge in [0.2, 0.25) is 5.91 Å². The van der Waals surface area contributed by atoms with Crippen LogP contribution in [0.15, 0.2) is 36.7 Å². The van der Waals surface area contributed by atoms with Crippen LogP contribution in [0.4, 0.5) is 5.82 Å². The molecule has 7 nitrogen and oxygen atoms in total. The smallest absolute Gasteiger partial charge is 0.223 e. The number of anilines is 1. The van der Waals surface area contributed by atoms with E-state index in [1.165, 1.54) is 24.8 Å². The Morgan fingerprint density at radius 1 is 1.09 bits per heavy atom. The molecule has 2 aromatic heterocycles. The van der Waals surface area contributed by atoms with Gasteiger partial charge < -0.3 is 14.8 Å². The summed E-state index contributed by atoms with van der Waals surface area (Å²) in [7, 11) is 0. The molecule has 33 heavy (non-hydrogen) atoms. The molecule has 2 aliphatic rings. The summed E-state index contributed by atoms with van der Waals surface area (Å²) < 4.78 is 2.28. The molecule has 5 rings (SSSR count). The van der Waals surface area contributed by atoms with Gasteiger partial charge >= 0.3 is 0 Å². The van der Waals surface area contributed by atoms with Crippen molar-refractivity contribution in [2.24, 2.45) is 5.92 Å². The Morgan fingerprint density at radius 2 is 1.91 bits per heavy atom. The summed E-state index contributed by atoms with van der Waals surface area (Å²) in [6.07, 6.45) is 9.94. The van der Waals surface area contributed by atoms with Crippen LogP contribution in [-0.4, -0.2) is 44.6 Å². The van der Waals surface area contributed by atoms with E-state index in [2.05, 4.69) is 55.9 Å². The third kappa shape index (κ3) is 4.87. The minimum Gasteiger partial charge on any atom is -0.355 e. The zero-order chi connectivity index (χ0) is 22.6. The van der Waals surface area contributed by atoms with Crippen LogP contribution in [0.5, 0.6) is 0 Å². The molecule has 0 aliphatic carbocycles. The molecule has 0 radical (unpaired) electrons. The fourth-order valence-electron chi connectivity index (χ4n) is 5.17. The SMILES string of the molecule is C[C@@H](CCc1ccccc1)NC(=O)C1CCN(c2ncnc3c2nc2n3CCCCC2)CC1. The standard InChI is InChI=1S/C26H34N6O/c1-19(11-12-20-8-4-2-5-9-20)29-26(33)21-13-16-31(17-14-21)24-23-25(28-18-27-24)32-15-7-3-6-10-22(32)30-23/h2,4-5,8-9,18-19,21H,3,6-7,10-17H2,1H3,(H,29,33)/t19-/m0/s1. The molecule has 3 aromatic rings. The zero-order valence-electron chi connectivity index (χ0n) is 19.5. The normalized spacial score (nSPS) is 18.0. The van der Waals surface area contributed by atoms with Crippen LogP contribution in [0.2, 0.25) is 0 Å². The molecule has 0 saturated carbocycles. The van der Waals surface area contributed by atoms with Crippen LogP contribution < -0.4 is 10.2 Å². The Hall–Kier alpha value is -2.96. The highest BCUT2D eigenvalue weighted by Gasteiger charge is 2.28. The van der Waals surface area contributed by atoms with Crippen molar-refractivity contribution in [1.82, 2.24) is 24.8 Å². The number of rotatable bonds is 6. The van der Waals surface area contributed by atoms with E-state index in [9.17, 15) is 4.79 Å². The summed E-state index contributed by atoms with van der Waals surface area (Å²) in [6.45, 7) is 4.75. The number of nitrogens with one attached hydrogen (secondary N) is 1. The van der Waals surface area contributed by atoms with Crippen molar-refractivity contribution in [3.8, 4) is 0 Å². The summed E-state index contributed by atoms with van der Waals surface area (Å²) in [5.41, 5.74) is 3.20. The second-order valence-corrected chi connectivity index (χ2v) is 9.56. The highest BCUT2D eigenvalue weighted by atomic mass is 16.1. The first-order valence-corrected chi connectivity index (χ1v) is 12.5. The number of aryl methyl sites for hydroxylation is 3. The van der Waals surface area contributed by atoms with E-state index in [1.54, 1.807) is 6.33 Å². The van der Waals surface area contributed by atoms with Crippen LogP contribution in [-0.2, 0) is 24.2 Å². The van der Waals surface area contributed by atoms with Crippen LogP contribution in [0.1, 0.15) is 56.8 Å². The van der Waals surface area contributed by atoms with Crippen molar-refractivity contribution in [1.29, 1.82) is 0 Å². The number of carbonyl (C=O) groups is 1. The molecule has 1 fully saturated rings. The third-order valence-corrected chi connectivity index (χ3v) is 7.14. The van der Waals surface area contributed by atoms with Crippen LogP contribution >= 0.6 is 0 Å². The molecule has 1 aromatic carbocycles. The van der Waals surface area contributed by atoms with Crippen molar-refractivity contribution < 1.29 is 4.79 Å². The van der Waals surface area contributed by atoms with E-state index >= 15 is 0 Å². The second kappa shape index (κ2) is 9.89. The molecule has 4 heterocycles. The Balaban J connectivity index is 1.18. The van der Waals surface area contributed by atoms with Crippen LogP contribution in [0, 0.1) is 5.92 Å². The Bertz CT molecular complexity index is 1090. The number of imidazole rings is 1. The molecule has 7 heteroatoms. The molecule has 1 atom stereocenters. The number of piperidine rings is 1. The van der Waals surface area contributed by atoms with Gasteiger partial charge in [-0.05, 0) is 51.0 Å². The first kappa shape index (κ1) is 21.9. The summed E-state index contributed by atoms with van der Waals surface area (Å²) in [5, 5.41) is 3.24. The topological polar surface area (TPSA) is 75.9 Å². The summed E-state index contributed by atoms with van der Waals surface area (Å²) in [6, 6.07) is 10.6. The fraction of sp³-hybridized carbons (Fsp3) is 0.538. The minimum absolute atomic E-state index is 0.0662. The molecule has 1 N–H and O–H groups in total. The van der Waals surface area contributed by atoms with E-state index in [0.717, 1.165) is 74.5 Å². The van der Waals surface area contributed by atoms with Crippen molar-refractivity contribution >= 4 is 22.9 Å². The molecule has 174 valence electrons. The summed E-state index contributed by atoms with van der Waals surface area (Å²) in [5.74, 6) is 2.33. The number of aromatic nitrogens is 4. The minimum atomic E-state index is 0.0662. The molecule has 1 saturated heterocycles. The van der Waals surface area contributed by atoms with Gasteiger partial charge in [0, 0.05) is 38.0 Å². The summed E-state index contributed by atoms with van der Waals surface area (Å²) >= 11 is 0. The first-order chi connectivity index (χ1) is 16.2. The van der Waals surface area contributed by atoms with Crippen molar-refractivity contribution in [2.45, 2.75) is 70.9 Å². The van der Waals surface area contributed by atoms with Crippen molar-refractivity contribution in [2.75, 3.05) is 18.0 Å². The van der Waals surface area contributed by atoms with E-state index in [-0.39, 0.29) is 17.9 Å². The van der Waals surface area contributed by atoms with E-state index in [1.807, 2.05) is 6.07 Å². The second-order valence-electron chi connectivity index (χ2n) is 9.56. The largest absolute Gasteiger partial charge is 0.355 e. The van der Waals surface area contributed by atoms with E-state index in [4.69, 9.17) is 4.98 Å². The van der Waals surface area contributed by atoms with E-state index < -0.39 is 0 Å². The number of hydrogen-bond acceptors (Lipinski definition) is 5. The predicted molar refractivity (Wildman–Crippen MR) is 130 cm³/mol. The van der Waals surface area contributed by atoms with Gasteiger partial charge in [-0.25, -0.2) is 15.0 Å². The monoisotopic (exact) mass is 446 g/mol. The van der Waals surface area contributed by atoms with Gasteiger partial charge in [0.25, 0.3) is 0 Å². The lowest BCUT2D eigenvalue weighted by Gasteiger charge is -2.32. The molecule has 1 amide bonds. The lowest BCUT2D eigenvalue weighted by atomic mass is 9.95. The average molecular weight is 447 g/mol. The quantitative estimate of drug-likeness (QED) is 0.621. The van der Waals surface area contributed by atoms with Gasteiger partial charge in [-0.1, -0.05) is 36.8 Å². The van der Waals surface area contributed by atoms with Gasteiger partial charge in [-0.15, -0.1) is 0 Å². The van der Waals surface area contributed by atoms with Gasteiger partial charge in [-0.2, -0.15) is 0 Å². The van der Waals surface area contributed by atoms with Gasteiger partial charge in [0.15, 0.2) is 17.0 Å². The van der Waals surface area contributed by atoms with Crippen LogP contribution in [0.25, 0.3) is 11.2 Å². The van der Waals surface area contributed by atoms with Crippen molar-refractivity contribution in [3.05, 3.63) is 48.0 Å². The molecule has 0 unspecified atom stereocenters. The predicted octanol–water partition coefficient (Wildman–Crippen LogP) is 3.91. The zero-order valence-corrected chi connectivity index (χ0v) is 19.5. The third-order valence-electron chi connectivity index (χ3n) is 7.14. The number of fused-ring (bicyclic) bond motifs is 3. The number of nitrogens with zero attached hydrogens (tertiary/aromatic N) is 5. The highest BCUT2D eigenvalue weighted by Crippen LogP contribution is 2.29. The maximum atomic E-state index is 12.9. The molecule has 2 aliphatic heterocycles. The van der Waals surface area contributed by atoms with Gasteiger partial charge in [-0.3, -0.25) is 4.79 Å². The number of benzene rings is 1. The number of amides is 1.